The molecule has 2 aromatic rings. The zero-order chi connectivity index (χ0) is 18.6. The number of aryl methyl sites for hydroxylation is 1. The number of hydrogen-bond acceptors (Lipinski definition) is 4. The van der Waals surface area contributed by atoms with Crippen molar-refractivity contribution >= 4 is 35.1 Å². The van der Waals surface area contributed by atoms with Crippen LogP contribution >= 0.6 is 23.2 Å². The lowest BCUT2D eigenvalue weighted by molar-refractivity contribution is -0.153. The Morgan fingerprint density at radius 3 is 2.54 bits per heavy atom. The second-order valence-corrected chi connectivity index (χ2v) is 7.62. The van der Waals surface area contributed by atoms with Gasteiger partial charge in [-0.1, -0.05) is 23.2 Å². The Balaban J connectivity index is 1.57. The lowest BCUT2D eigenvalue weighted by atomic mass is 10.1. The second-order valence-electron chi connectivity index (χ2n) is 6.75. The number of benzene rings is 1. The second kappa shape index (κ2) is 6.25. The molecule has 1 amide bonds. The van der Waals surface area contributed by atoms with Crippen molar-refractivity contribution in [3.63, 3.8) is 0 Å². The van der Waals surface area contributed by atoms with Crippen LogP contribution in [0.3, 0.4) is 0 Å². The molecule has 0 radical (unpaired) electrons. The van der Waals surface area contributed by atoms with Gasteiger partial charge in [-0.25, -0.2) is 4.79 Å². The van der Waals surface area contributed by atoms with Crippen LogP contribution in [-0.2, 0) is 22.7 Å². The standard InChI is InChI=1S/C17H16Cl2N4O3/c1-8-20-21-15-7-23(14(17(25)26)6-22(8)15)16(24)13-5-12(13)9-2-10(18)4-11(19)3-9/h2-4,12-14H,5-7H2,1H3,(H,25,26). The molecule has 0 spiro atoms. The molecular formula is C17H16Cl2N4O3. The molecule has 7 nitrogen and oxygen atoms in total. The van der Waals surface area contributed by atoms with E-state index in [0.29, 0.717) is 28.1 Å². The average Bonchev–Trinajstić information content (AvgIpc) is 3.30. The number of fused-ring (bicyclic) bond motifs is 1. The maximum atomic E-state index is 13.0. The number of halogens is 2. The minimum Gasteiger partial charge on any atom is -0.480 e. The highest BCUT2D eigenvalue weighted by atomic mass is 35.5. The van der Waals surface area contributed by atoms with Crippen LogP contribution in [0.4, 0.5) is 0 Å². The Bertz CT molecular complexity index is 893. The van der Waals surface area contributed by atoms with Gasteiger partial charge in [0.2, 0.25) is 5.91 Å². The van der Waals surface area contributed by atoms with Crippen molar-refractivity contribution in [3.05, 3.63) is 45.5 Å². The molecular weight excluding hydrogens is 379 g/mol. The van der Waals surface area contributed by atoms with Gasteiger partial charge in [0.1, 0.15) is 11.9 Å². The van der Waals surface area contributed by atoms with E-state index in [1.54, 1.807) is 29.7 Å². The number of aromatic nitrogens is 3. The zero-order valence-corrected chi connectivity index (χ0v) is 15.4. The first-order valence-corrected chi connectivity index (χ1v) is 8.98. The summed E-state index contributed by atoms with van der Waals surface area (Å²) in [6.07, 6.45) is 0.657. The Kier molecular flexibility index (Phi) is 4.16. The quantitative estimate of drug-likeness (QED) is 0.863. The van der Waals surface area contributed by atoms with Crippen LogP contribution in [0.5, 0.6) is 0 Å². The Morgan fingerprint density at radius 2 is 1.88 bits per heavy atom. The lowest BCUT2D eigenvalue weighted by Gasteiger charge is -2.33. The molecule has 136 valence electrons. The van der Waals surface area contributed by atoms with Crippen molar-refractivity contribution in [1.82, 2.24) is 19.7 Å². The normalized spacial score (nSPS) is 24.3. The van der Waals surface area contributed by atoms with E-state index in [4.69, 9.17) is 23.2 Å². The summed E-state index contributed by atoms with van der Waals surface area (Å²) in [5, 5.41) is 18.7. The Hall–Kier alpha value is -2.12. The van der Waals surface area contributed by atoms with Gasteiger partial charge in [0.15, 0.2) is 5.82 Å². The highest BCUT2D eigenvalue weighted by molar-refractivity contribution is 6.34. The van der Waals surface area contributed by atoms with Crippen LogP contribution in [0.15, 0.2) is 18.2 Å². The first-order chi connectivity index (χ1) is 12.3. The number of amides is 1. The topological polar surface area (TPSA) is 88.3 Å². The molecule has 0 saturated heterocycles. The molecule has 4 rings (SSSR count). The van der Waals surface area contributed by atoms with E-state index in [2.05, 4.69) is 10.2 Å². The molecule has 2 heterocycles. The van der Waals surface area contributed by atoms with Gasteiger partial charge in [-0.3, -0.25) is 4.79 Å². The monoisotopic (exact) mass is 394 g/mol. The summed E-state index contributed by atoms with van der Waals surface area (Å²) in [5.41, 5.74) is 0.906. The average molecular weight is 395 g/mol. The molecule has 2 aliphatic rings. The van der Waals surface area contributed by atoms with Gasteiger partial charge < -0.3 is 14.6 Å². The summed E-state index contributed by atoms with van der Waals surface area (Å²) in [4.78, 5) is 26.1. The lowest BCUT2D eigenvalue weighted by Crippen LogP contribution is -2.51. The number of carbonyl (C=O) groups excluding carboxylic acids is 1. The van der Waals surface area contributed by atoms with Crippen molar-refractivity contribution in [2.75, 3.05) is 0 Å². The van der Waals surface area contributed by atoms with Gasteiger partial charge >= 0.3 is 5.97 Å². The van der Waals surface area contributed by atoms with Crippen LogP contribution in [-0.4, -0.2) is 42.7 Å². The van der Waals surface area contributed by atoms with Gasteiger partial charge in [0.05, 0.1) is 13.1 Å². The van der Waals surface area contributed by atoms with E-state index >= 15 is 0 Å². The summed E-state index contributed by atoms with van der Waals surface area (Å²) in [5.74, 6) is -0.199. The number of carbonyl (C=O) groups is 2. The SMILES string of the molecule is Cc1nnc2n1CC(C(=O)O)N(C(=O)C1CC1c1cc(Cl)cc(Cl)c1)C2. The van der Waals surface area contributed by atoms with Crippen molar-refractivity contribution < 1.29 is 14.7 Å². The molecule has 1 aromatic carbocycles. The smallest absolute Gasteiger partial charge is 0.328 e. The van der Waals surface area contributed by atoms with Crippen molar-refractivity contribution in [1.29, 1.82) is 0 Å². The molecule has 1 aliphatic carbocycles. The van der Waals surface area contributed by atoms with Gasteiger partial charge in [0.25, 0.3) is 0 Å². The van der Waals surface area contributed by atoms with Crippen LogP contribution < -0.4 is 0 Å². The van der Waals surface area contributed by atoms with E-state index < -0.39 is 12.0 Å². The Labute approximate surface area is 159 Å². The van der Waals surface area contributed by atoms with Crippen molar-refractivity contribution in [3.8, 4) is 0 Å². The molecule has 3 unspecified atom stereocenters. The van der Waals surface area contributed by atoms with E-state index in [9.17, 15) is 14.7 Å². The van der Waals surface area contributed by atoms with Crippen LogP contribution in [0.25, 0.3) is 0 Å². The molecule has 1 saturated carbocycles. The number of carboxylic acids is 1. The fourth-order valence-electron chi connectivity index (χ4n) is 3.59. The van der Waals surface area contributed by atoms with E-state index in [1.165, 1.54) is 4.90 Å². The third-order valence-corrected chi connectivity index (χ3v) is 5.48. The van der Waals surface area contributed by atoms with E-state index in [-0.39, 0.29) is 30.8 Å². The number of hydrogen-bond donors (Lipinski definition) is 1. The van der Waals surface area contributed by atoms with Crippen molar-refractivity contribution in [2.45, 2.75) is 38.4 Å². The third kappa shape index (κ3) is 2.95. The van der Waals surface area contributed by atoms with E-state index in [0.717, 1.165) is 5.56 Å². The molecule has 1 aliphatic heterocycles. The predicted octanol–water partition coefficient (Wildman–Crippen LogP) is 2.49. The maximum absolute atomic E-state index is 13.0. The first kappa shape index (κ1) is 17.3. The summed E-state index contributed by atoms with van der Waals surface area (Å²) in [6.45, 7) is 2.08. The van der Waals surface area contributed by atoms with Gasteiger partial charge in [-0.05, 0) is 43.0 Å². The van der Waals surface area contributed by atoms with Gasteiger partial charge in [-0.15, -0.1) is 10.2 Å². The zero-order valence-electron chi connectivity index (χ0n) is 13.9. The van der Waals surface area contributed by atoms with Gasteiger partial charge in [-0.2, -0.15) is 0 Å². The summed E-state index contributed by atoms with van der Waals surface area (Å²) in [7, 11) is 0. The molecule has 1 fully saturated rings. The van der Waals surface area contributed by atoms with Crippen molar-refractivity contribution in [2.24, 2.45) is 5.92 Å². The number of rotatable bonds is 3. The molecule has 26 heavy (non-hydrogen) atoms. The number of aliphatic carboxylic acids is 1. The summed E-state index contributed by atoms with van der Waals surface area (Å²) < 4.78 is 1.75. The third-order valence-electron chi connectivity index (χ3n) is 5.04. The van der Waals surface area contributed by atoms with Crippen LogP contribution in [0, 0.1) is 12.8 Å². The molecule has 3 atom stereocenters. The largest absolute Gasteiger partial charge is 0.480 e. The molecule has 1 aromatic heterocycles. The minimum atomic E-state index is -1.03. The minimum absolute atomic E-state index is 0.00896. The van der Waals surface area contributed by atoms with Crippen LogP contribution in [0.1, 0.15) is 29.6 Å². The van der Waals surface area contributed by atoms with Gasteiger partial charge in [0, 0.05) is 16.0 Å². The molecule has 1 N–H and O–H groups in total. The molecule has 9 heteroatoms. The maximum Gasteiger partial charge on any atom is 0.328 e. The Morgan fingerprint density at radius 1 is 1.19 bits per heavy atom. The van der Waals surface area contributed by atoms with Crippen LogP contribution in [0.2, 0.25) is 10.0 Å². The van der Waals surface area contributed by atoms with E-state index in [1.807, 2.05) is 0 Å². The fourth-order valence-corrected chi connectivity index (χ4v) is 4.14. The summed E-state index contributed by atoms with van der Waals surface area (Å²) in [6, 6.07) is 4.33. The number of nitrogens with zero attached hydrogens (tertiary/aromatic N) is 4. The summed E-state index contributed by atoms with van der Waals surface area (Å²) >= 11 is 12.1. The highest BCUT2D eigenvalue weighted by Crippen LogP contribution is 2.50. The highest BCUT2D eigenvalue weighted by Gasteiger charge is 2.49. The predicted molar refractivity (Wildman–Crippen MR) is 94.0 cm³/mol. The molecule has 0 bridgehead atoms. The first-order valence-electron chi connectivity index (χ1n) is 8.23. The fraction of sp³-hybridized carbons (Fsp3) is 0.412. The number of carboxylic acid groups (broad SMARTS) is 1.